The quantitative estimate of drug-likeness (QED) is 0.517. The lowest BCUT2D eigenvalue weighted by Crippen LogP contribution is -2.31. The fourth-order valence-electron chi connectivity index (χ4n) is 2.50. The molecule has 2 atom stereocenters. The smallest absolute Gasteiger partial charge is 0.210 e. The zero-order valence-electron chi connectivity index (χ0n) is 12.8. The first-order valence-electron chi connectivity index (χ1n) is 7.34. The van der Waals surface area contributed by atoms with Crippen LogP contribution < -0.4 is 4.74 Å². The van der Waals surface area contributed by atoms with Crippen LogP contribution in [0.5, 0.6) is 5.75 Å². The van der Waals surface area contributed by atoms with Gasteiger partial charge in [0, 0.05) is 15.6 Å². The zero-order valence-corrected chi connectivity index (χ0v) is 16.6. The number of ether oxygens (including phenoxy) is 3. The Balaban J connectivity index is 1.70. The molecule has 1 aliphatic heterocycles. The highest BCUT2D eigenvalue weighted by molar-refractivity contribution is 6.35. The summed E-state index contributed by atoms with van der Waals surface area (Å²) in [5.74, 6) is -0.546. The maximum atomic E-state index is 6.27. The predicted molar refractivity (Wildman–Crippen MR) is 102 cm³/mol. The highest BCUT2D eigenvalue weighted by atomic mass is 35.5. The number of rotatable bonds is 5. The summed E-state index contributed by atoms with van der Waals surface area (Å²) in [6.45, 7) is 0.544. The Labute approximate surface area is 170 Å². The molecule has 2 aromatic rings. The van der Waals surface area contributed by atoms with Gasteiger partial charge in [0.1, 0.15) is 18.5 Å². The van der Waals surface area contributed by atoms with Crippen molar-refractivity contribution in [1.82, 2.24) is 0 Å². The van der Waals surface area contributed by atoms with E-state index in [2.05, 4.69) is 0 Å². The zero-order chi connectivity index (χ0) is 18.0. The topological polar surface area (TPSA) is 27.7 Å². The van der Waals surface area contributed by atoms with E-state index >= 15 is 0 Å². The van der Waals surface area contributed by atoms with Gasteiger partial charge in [-0.05, 0) is 30.3 Å². The number of benzene rings is 2. The van der Waals surface area contributed by atoms with Crippen LogP contribution in [0.1, 0.15) is 5.56 Å². The van der Waals surface area contributed by atoms with Crippen LogP contribution in [0.3, 0.4) is 0 Å². The molecule has 134 valence electrons. The number of halogens is 5. The van der Waals surface area contributed by atoms with Gasteiger partial charge in [0.05, 0.1) is 22.5 Å². The predicted octanol–water partition coefficient (Wildman–Crippen LogP) is 6.19. The molecule has 0 bridgehead atoms. The summed E-state index contributed by atoms with van der Waals surface area (Å²) in [7, 11) is 0. The molecule has 2 unspecified atom stereocenters. The maximum absolute atomic E-state index is 6.27. The van der Waals surface area contributed by atoms with Crippen molar-refractivity contribution in [2.24, 2.45) is 0 Å². The molecule has 0 N–H and O–H groups in total. The van der Waals surface area contributed by atoms with Crippen LogP contribution in [-0.2, 0) is 15.3 Å². The third-order valence-corrected chi connectivity index (χ3v) is 5.13. The molecule has 8 heteroatoms. The Morgan fingerprint density at radius 3 is 2.32 bits per heavy atom. The fraction of sp³-hybridized carbons (Fsp3) is 0.294. The first kappa shape index (κ1) is 19.4. The van der Waals surface area contributed by atoms with E-state index in [1.807, 2.05) is 0 Å². The molecule has 1 saturated heterocycles. The van der Waals surface area contributed by atoms with E-state index in [0.717, 1.165) is 0 Å². The molecule has 0 spiro atoms. The minimum absolute atomic E-state index is 0.0759. The number of alkyl halides is 1. The van der Waals surface area contributed by atoms with Gasteiger partial charge in [-0.25, -0.2) is 0 Å². The molecule has 2 aromatic carbocycles. The van der Waals surface area contributed by atoms with Crippen LogP contribution in [0.2, 0.25) is 20.1 Å². The van der Waals surface area contributed by atoms with Crippen LogP contribution in [0, 0.1) is 0 Å². The molecule has 3 nitrogen and oxygen atoms in total. The van der Waals surface area contributed by atoms with Crippen molar-refractivity contribution in [3.05, 3.63) is 62.1 Å². The van der Waals surface area contributed by atoms with Crippen LogP contribution in [0.4, 0.5) is 0 Å². The molecule has 0 aliphatic carbocycles. The number of hydrogen-bond donors (Lipinski definition) is 0. The molecule has 1 aliphatic rings. The third-order valence-electron chi connectivity index (χ3n) is 3.70. The first-order chi connectivity index (χ1) is 11.9. The van der Waals surface area contributed by atoms with E-state index in [1.54, 1.807) is 36.4 Å². The van der Waals surface area contributed by atoms with Gasteiger partial charge in [0.15, 0.2) is 0 Å². The summed E-state index contributed by atoms with van der Waals surface area (Å²) in [4.78, 5) is 0. The van der Waals surface area contributed by atoms with Gasteiger partial charge in [0.2, 0.25) is 5.79 Å². The van der Waals surface area contributed by atoms with E-state index in [-0.39, 0.29) is 18.6 Å². The van der Waals surface area contributed by atoms with Gasteiger partial charge < -0.3 is 14.2 Å². The van der Waals surface area contributed by atoms with Gasteiger partial charge in [-0.1, -0.05) is 52.5 Å². The Hall–Kier alpha value is -0.390. The summed E-state index contributed by atoms with van der Waals surface area (Å²) < 4.78 is 17.6. The second kappa shape index (κ2) is 8.10. The minimum atomic E-state index is -1.14. The molecule has 0 aromatic heterocycles. The second-order valence-electron chi connectivity index (χ2n) is 5.45. The van der Waals surface area contributed by atoms with Crippen LogP contribution >= 0.6 is 58.0 Å². The molecular formula is C17H13Cl5O3. The molecule has 25 heavy (non-hydrogen) atoms. The highest BCUT2D eigenvalue weighted by Gasteiger charge is 2.44. The maximum Gasteiger partial charge on any atom is 0.210 e. The van der Waals surface area contributed by atoms with Crippen molar-refractivity contribution in [2.75, 3.05) is 19.1 Å². The fourth-order valence-corrected chi connectivity index (χ4v) is 3.80. The Morgan fingerprint density at radius 2 is 1.68 bits per heavy atom. The summed E-state index contributed by atoms with van der Waals surface area (Å²) in [6.07, 6.45) is -0.336. The highest BCUT2D eigenvalue weighted by Crippen LogP contribution is 2.40. The number of hydrogen-bond acceptors (Lipinski definition) is 3. The van der Waals surface area contributed by atoms with Gasteiger partial charge in [-0.15, -0.1) is 11.6 Å². The minimum Gasteiger partial charge on any atom is -0.489 e. The van der Waals surface area contributed by atoms with Gasteiger partial charge in [-0.2, -0.15) is 0 Å². The Morgan fingerprint density at radius 1 is 1.00 bits per heavy atom. The average molecular weight is 443 g/mol. The summed E-state index contributed by atoms with van der Waals surface area (Å²) >= 11 is 30.3. The van der Waals surface area contributed by atoms with Crippen LogP contribution in [0.15, 0.2) is 36.4 Å². The third kappa shape index (κ3) is 4.30. The summed E-state index contributed by atoms with van der Waals surface area (Å²) in [5, 5.41) is 1.91. The average Bonchev–Trinajstić information content (AvgIpc) is 2.98. The second-order valence-corrected chi connectivity index (χ2v) is 7.40. The molecule has 0 saturated carbocycles. The molecule has 0 radical (unpaired) electrons. The standard InChI is InChI=1S/C17H13Cl5O3/c18-9-17(13-3-1-10(19)5-14(13)21)24-8-12(25-17)7-23-16-4-2-11(20)6-15(16)22/h1-6,12H,7-9H2. The summed E-state index contributed by atoms with van der Waals surface area (Å²) in [5.41, 5.74) is 0.626. The lowest BCUT2D eigenvalue weighted by Gasteiger charge is -2.27. The van der Waals surface area contributed by atoms with Crippen LogP contribution in [0.25, 0.3) is 0 Å². The van der Waals surface area contributed by atoms with Gasteiger partial charge >= 0.3 is 0 Å². The normalized spacial score (nSPS) is 23.0. The monoisotopic (exact) mass is 440 g/mol. The van der Waals surface area contributed by atoms with Crippen LogP contribution in [-0.4, -0.2) is 25.2 Å². The molecule has 1 heterocycles. The van der Waals surface area contributed by atoms with Crippen molar-refractivity contribution in [1.29, 1.82) is 0 Å². The SMILES string of the molecule is ClCC1(c2ccc(Cl)cc2Cl)OCC(COc2ccc(Cl)cc2Cl)O1. The Kier molecular flexibility index (Phi) is 6.27. The lowest BCUT2D eigenvalue weighted by molar-refractivity contribution is -0.161. The summed E-state index contributed by atoms with van der Waals surface area (Å²) in [6, 6.07) is 10.1. The van der Waals surface area contributed by atoms with Crippen molar-refractivity contribution >= 4 is 58.0 Å². The van der Waals surface area contributed by atoms with E-state index in [9.17, 15) is 0 Å². The Bertz CT molecular complexity index is 770. The largest absolute Gasteiger partial charge is 0.489 e. The molecule has 1 fully saturated rings. The molecule has 0 amide bonds. The van der Waals surface area contributed by atoms with Crippen molar-refractivity contribution in [3.63, 3.8) is 0 Å². The lowest BCUT2D eigenvalue weighted by atomic mass is 10.1. The van der Waals surface area contributed by atoms with Crippen molar-refractivity contribution in [2.45, 2.75) is 11.9 Å². The van der Waals surface area contributed by atoms with E-state index in [4.69, 9.17) is 72.2 Å². The van der Waals surface area contributed by atoms with Gasteiger partial charge in [-0.3, -0.25) is 0 Å². The first-order valence-corrected chi connectivity index (χ1v) is 9.39. The van der Waals surface area contributed by atoms with Crippen molar-refractivity contribution < 1.29 is 14.2 Å². The molecule has 3 rings (SSSR count). The van der Waals surface area contributed by atoms with Crippen molar-refractivity contribution in [3.8, 4) is 5.75 Å². The van der Waals surface area contributed by atoms with E-state index in [1.165, 1.54) is 0 Å². The van der Waals surface area contributed by atoms with E-state index in [0.29, 0.717) is 38.0 Å². The van der Waals surface area contributed by atoms with E-state index < -0.39 is 5.79 Å². The molecular weight excluding hydrogens is 429 g/mol. The van der Waals surface area contributed by atoms with Gasteiger partial charge in [0.25, 0.3) is 0 Å².